The molecule has 1 N–H and O–H groups in total. The summed E-state index contributed by atoms with van der Waals surface area (Å²) in [5, 5.41) is 4.14. The van der Waals surface area contributed by atoms with Gasteiger partial charge in [-0.15, -0.1) is 0 Å². The Morgan fingerprint density at radius 1 is 1.32 bits per heavy atom. The van der Waals surface area contributed by atoms with Crippen molar-refractivity contribution in [3.05, 3.63) is 34.6 Å². The van der Waals surface area contributed by atoms with Crippen molar-refractivity contribution in [3.63, 3.8) is 0 Å². The molecule has 19 heavy (non-hydrogen) atoms. The minimum Gasteiger partial charge on any atom is -0.314 e. The van der Waals surface area contributed by atoms with Gasteiger partial charge in [0.15, 0.2) is 0 Å². The van der Waals surface area contributed by atoms with E-state index < -0.39 is 0 Å². The van der Waals surface area contributed by atoms with Crippen molar-refractivity contribution >= 4 is 11.6 Å². The van der Waals surface area contributed by atoms with Gasteiger partial charge in [0, 0.05) is 11.1 Å². The van der Waals surface area contributed by atoms with E-state index in [0.29, 0.717) is 11.1 Å². The van der Waals surface area contributed by atoms with Gasteiger partial charge < -0.3 is 5.32 Å². The Bertz CT molecular complexity index is 402. The number of hydrogen-bond donors (Lipinski definition) is 1. The van der Waals surface area contributed by atoms with Crippen LogP contribution in [0, 0.1) is 11.7 Å². The fourth-order valence-electron chi connectivity index (χ4n) is 3.13. The van der Waals surface area contributed by atoms with Crippen LogP contribution in [0.15, 0.2) is 18.2 Å². The Morgan fingerprint density at radius 2 is 2.05 bits per heavy atom. The van der Waals surface area contributed by atoms with Gasteiger partial charge in [0.05, 0.1) is 0 Å². The molecule has 106 valence electrons. The van der Waals surface area contributed by atoms with E-state index in [4.69, 9.17) is 11.6 Å². The number of rotatable bonds is 5. The highest BCUT2D eigenvalue weighted by atomic mass is 35.5. The first-order chi connectivity index (χ1) is 9.20. The molecule has 1 aliphatic carbocycles. The van der Waals surface area contributed by atoms with Gasteiger partial charge in [-0.2, -0.15) is 0 Å². The highest BCUT2D eigenvalue weighted by Gasteiger charge is 2.23. The fourth-order valence-corrected chi connectivity index (χ4v) is 3.37. The molecule has 0 bridgehead atoms. The van der Waals surface area contributed by atoms with E-state index in [1.54, 1.807) is 0 Å². The van der Waals surface area contributed by atoms with E-state index in [-0.39, 0.29) is 5.82 Å². The summed E-state index contributed by atoms with van der Waals surface area (Å²) in [6.07, 6.45) is 7.55. The van der Waals surface area contributed by atoms with Crippen molar-refractivity contribution in [1.82, 2.24) is 5.32 Å². The van der Waals surface area contributed by atoms with Crippen molar-refractivity contribution in [2.75, 3.05) is 6.54 Å². The van der Waals surface area contributed by atoms with Crippen LogP contribution >= 0.6 is 11.6 Å². The van der Waals surface area contributed by atoms with E-state index in [1.807, 2.05) is 6.07 Å². The topological polar surface area (TPSA) is 12.0 Å². The lowest BCUT2D eigenvalue weighted by molar-refractivity contribution is 0.269. The van der Waals surface area contributed by atoms with Crippen LogP contribution in [0.25, 0.3) is 0 Å². The Kier molecular flexibility index (Phi) is 5.65. The van der Waals surface area contributed by atoms with Gasteiger partial charge in [0.2, 0.25) is 0 Å². The maximum Gasteiger partial charge on any atom is 0.124 e. The van der Waals surface area contributed by atoms with E-state index in [0.717, 1.165) is 24.4 Å². The lowest BCUT2D eigenvalue weighted by Crippen LogP contribution is -2.39. The molecule has 1 atom stereocenters. The molecule has 0 aliphatic heterocycles. The number of benzene rings is 1. The lowest BCUT2D eigenvalue weighted by Gasteiger charge is -2.31. The summed E-state index contributed by atoms with van der Waals surface area (Å²) >= 11 is 6.14. The first kappa shape index (κ1) is 14.8. The summed E-state index contributed by atoms with van der Waals surface area (Å²) < 4.78 is 13.1. The molecule has 0 aromatic heterocycles. The second-order valence-corrected chi connectivity index (χ2v) is 5.91. The predicted molar refractivity (Wildman–Crippen MR) is 79.2 cm³/mol. The molecule has 1 unspecified atom stereocenters. The molecule has 0 saturated heterocycles. The summed E-state index contributed by atoms with van der Waals surface area (Å²) in [7, 11) is 0. The third kappa shape index (κ3) is 4.19. The molecular weight excluding hydrogens is 261 g/mol. The minimum atomic E-state index is -0.258. The van der Waals surface area contributed by atoms with E-state index in [9.17, 15) is 4.39 Å². The van der Waals surface area contributed by atoms with Crippen LogP contribution in [0.4, 0.5) is 4.39 Å². The molecular formula is C16H23ClFN. The van der Waals surface area contributed by atoms with Crippen molar-refractivity contribution < 1.29 is 4.39 Å². The molecule has 1 nitrogen and oxygen atoms in total. The molecule has 1 fully saturated rings. The van der Waals surface area contributed by atoms with Gasteiger partial charge in [-0.3, -0.25) is 0 Å². The van der Waals surface area contributed by atoms with Crippen molar-refractivity contribution in [2.45, 2.75) is 51.5 Å². The van der Waals surface area contributed by atoms with Crippen LogP contribution in [-0.4, -0.2) is 12.6 Å². The Labute approximate surface area is 120 Å². The zero-order chi connectivity index (χ0) is 13.7. The summed E-state index contributed by atoms with van der Waals surface area (Å²) in [5.41, 5.74) is 1.06. The van der Waals surface area contributed by atoms with E-state index >= 15 is 0 Å². The van der Waals surface area contributed by atoms with Crippen LogP contribution < -0.4 is 5.32 Å². The van der Waals surface area contributed by atoms with Crippen LogP contribution in [0.3, 0.4) is 0 Å². The first-order valence-electron chi connectivity index (χ1n) is 7.38. The first-order valence-corrected chi connectivity index (χ1v) is 7.75. The average molecular weight is 284 g/mol. The van der Waals surface area contributed by atoms with Crippen LogP contribution in [-0.2, 0) is 6.42 Å². The molecule has 1 aliphatic rings. The third-order valence-electron chi connectivity index (χ3n) is 4.14. The summed E-state index contributed by atoms with van der Waals surface area (Å²) in [6, 6.07) is 5.21. The van der Waals surface area contributed by atoms with Gasteiger partial charge in [-0.25, -0.2) is 4.39 Å². The fraction of sp³-hybridized carbons (Fsp3) is 0.625. The molecule has 1 aromatic carbocycles. The Balaban J connectivity index is 2.06. The predicted octanol–water partition coefficient (Wildman–Crippen LogP) is 4.58. The standard InChI is InChI=1S/C16H23ClFN/c1-2-19-16(12-6-4-3-5-7-12)10-13-8-9-14(18)11-15(13)17/h8-9,11-12,16,19H,2-7,10H2,1H3. The molecule has 0 spiro atoms. The van der Waals surface area contributed by atoms with Gasteiger partial charge in [-0.05, 0) is 49.4 Å². The van der Waals surface area contributed by atoms with E-state index in [1.165, 1.54) is 44.2 Å². The highest BCUT2D eigenvalue weighted by molar-refractivity contribution is 6.31. The van der Waals surface area contributed by atoms with Crippen molar-refractivity contribution in [1.29, 1.82) is 0 Å². The van der Waals surface area contributed by atoms with Crippen molar-refractivity contribution in [2.24, 2.45) is 5.92 Å². The van der Waals surface area contributed by atoms with Gasteiger partial charge in [-0.1, -0.05) is 43.9 Å². The molecule has 1 saturated carbocycles. The van der Waals surface area contributed by atoms with Crippen LogP contribution in [0.1, 0.15) is 44.6 Å². The molecule has 0 amide bonds. The van der Waals surface area contributed by atoms with Gasteiger partial charge in [0.1, 0.15) is 5.82 Å². The zero-order valence-electron chi connectivity index (χ0n) is 11.6. The normalized spacial score (nSPS) is 18.5. The molecule has 3 heteroatoms. The summed E-state index contributed by atoms with van der Waals surface area (Å²) in [4.78, 5) is 0. The van der Waals surface area contributed by atoms with E-state index in [2.05, 4.69) is 12.2 Å². The Hall–Kier alpha value is -0.600. The number of nitrogens with one attached hydrogen (secondary N) is 1. The zero-order valence-corrected chi connectivity index (χ0v) is 12.3. The van der Waals surface area contributed by atoms with Crippen molar-refractivity contribution in [3.8, 4) is 0 Å². The molecule has 0 radical (unpaired) electrons. The molecule has 2 rings (SSSR count). The SMILES string of the molecule is CCNC(Cc1ccc(F)cc1Cl)C1CCCCC1. The summed E-state index contributed by atoms with van der Waals surface area (Å²) in [6.45, 7) is 3.11. The quantitative estimate of drug-likeness (QED) is 0.834. The third-order valence-corrected chi connectivity index (χ3v) is 4.49. The maximum absolute atomic E-state index is 13.1. The smallest absolute Gasteiger partial charge is 0.124 e. The largest absolute Gasteiger partial charge is 0.314 e. The minimum absolute atomic E-state index is 0.258. The second-order valence-electron chi connectivity index (χ2n) is 5.50. The second kappa shape index (κ2) is 7.25. The monoisotopic (exact) mass is 283 g/mol. The van der Waals surface area contributed by atoms with Gasteiger partial charge in [0.25, 0.3) is 0 Å². The number of halogens is 2. The maximum atomic E-state index is 13.1. The summed E-state index contributed by atoms with van der Waals surface area (Å²) in [5.74, 6) is 0.473. The Morgan fingerprint density at radius 3 is 2.68 bits per heavy atom. The average Bonchev–Trinajstić information content (AvgIpc) is 2.42. The van der Waals surface area contributed by atoms with Crippen LogP contribution in [0.2, 0.25) is 5.02 Å². The molecule has 1 aromatic rings. The highest BCUT2D eigenvalue weighted by Crippen LogP contribution is 2.29. The van der Waals surface area contributed by atoms with Crippen LogP contribution in [0.5, 0.6) is 0 Å². The van der Waals surface area contributed by atoms with Gasteiger partial charge >= 0.3 is 0 Å². The number of likely N-dealkylation sites (N-methyl/N-ethyl adjacent to an activating group) is 1. The molecule has 0 heterocycles. The number of hydrogen-bond acceptors (Lipinski definition) is 1. The lowest BCUT2D eigenvalue weighted by atomic mass is 9.81.